The Labute approximate surface area is 101 Å². The molecule has 0 aliphatic heterocycles. The van der Waals surface area contributed by atoms with Gasteiger partial charge < -0.3 is 10.0 Å². The minimum atomic E-state index is -3.91. The van der Waals surface area contributed by atoms with Crippen LogP contribution < -0.4 is 4.90 Å². The van der Waals surface area contributed by atoms with Crippen LogP contribution in [0.3, 0.4) is 0 Å². The fraction of sp³-hybridized carbons (Fsp3) is 0.455. The number of benzene rings is 1. The molecule has 0 saturated carbocycles. The summed E-state index contributed by atoms with van der Waals surface area (Å²) in [5.41, 5.74) is 0.672. The van der Waals surface area contributed by atoms with Gasteiger partial charge in [0.15, 0.2) is 0 Å². The van der Waals surface area contributed by atoms with Crippen LogP contribution >= 0.6 is 0 Å². The molecule has 0 radical (unpaired) electrons. The third-order valence-electron chi connectivity index (χ3n) is 2.43. The van der Waals surface area contributed by atoms with Gasteiger partial charge in [0.2, 0.25) is 0 Å². The van der Waals surface area contributed by atoms with E-state index in [1.54, 1.807) is 24.3 Å². The van der Waals surface area contributed by atoms with Crippen LogP contribution in [-0.2, 0) is 10.1 Å². The van der Waals surface area contributed by atoms with Gasteiger partial charge in [0.25, 0.3) is 10.1 Å². The van der Waals surface area contributed by atoms with Gasteiger partial charge in [-0.2, -0.15) is 8.42 Å². The molecule has 17 heavy (non-hydrogen) atoms. The first kappa shape index (κ1) is 13.8. The highest BCUT2D eigenvalue weighted by molar-refractivity contribution is 7.85. The Morgan fingerprint density at radius 3 is 2.47 bits per heavy atom. The molecule has 0 atom stereocenters. The summed E-state index contributed by atoms with van der Waals surface area (Å²) >= 11 is 0. The monoisotopic (exact) mass is 259 g/mol. The van der Waals surface area contributed by atoms with E-state index in [-0.39, 0.29) is 11.5 Å². The van der Waals surface area contributed by atoms with Gasteiger partial charge in [0, 0.05) is 13.1 Å². The molecule has 0 aliphatic carbocycles. The molecule has 1 aromatic rings. The summed E-state index contributed by atoms with van der Waals surface area (Å²) in [6, 6.07) is 6.89. The van der Waals surface area contributed by atoms with Gasteiger partial charge in [0.1, 0.15) is 5.75 Å². The van der Waals surface area contributed by atoms with Crippen LogP contribution in [0.4, 0.5) is 5.69 Å². The molecule has 0 unspecified atom stereocenters. The Hall–Kier alpha value is -1.27. The molecule has 0 spiro atoms. The highest BCUT2D eigenvalue weighted by Gasteiger charge is 2.10. The number of hydrogen-bond acceptors (Lipinski definition) is 4. The van der Waals surface area contributed by atoms with Gasteiger partial charge in [-0.05, 0) is 25.5 Å². The van der Waals surface area contributed by atoms with E-state index in [1.807, 2.05) is 11.8 Å². The minimum absolute atomic E-state index is 0.168. The van der Waals surface area contributed by atoms with E-state index in [9.17, 15) is 13.5 Å². The molecule has 0 heterocycles. The minimum Gasteiger partial charge on any atom is -0.506 e. The second kappa shape index (κ2) is 5.88. The zero-order valence-corrected chi connectivity index (χ0v) is 10.5. The molecule has 5 nitrogen and oxygen atoms in total. The van der Waals surface area contributed by atoms with Crippen molar-refractivity contribution in [3.63, 3.8) is 0 Å². The number of nitrogens with zero attached hydrogens (tertiary/aromatic N) is 1. The number of anilines is 1. The van der Waals surface area contributed by atoms with Crippen LogP contribution in [0.15, 0.2) is 24.3 Å². The third-order valence-corrected chi connectivity index (χ3v) is 3.24. The van der Waals surface area contributed by atoms with Gasteiger partial charge in [0.05, 0.1) is 11.4 Å². The summed E-state index contributed by atoms with van der Waals surface area (Å²) < 4.78 is 29.8. The lowest BCUT2D eigenvalue weighted by molar-refractivity contribution is 0.473. The number of phenols is 1. The topological polar surface area (TPSA) is 77.8 Å². The van der Waals surface area contributed by atoms with Crippen molar-refractivity contribution in [3.05, 3.63) is 24.3 Å². The van der Waals surface area contributed by atoms with Crippen LogP contribution in [0.2, 0.25) is 0 Å². The van der Waals surface area contributed by atoms with Crippen molar-refractivity contribution >= 4 is 15.8 Å². The van der Waals surface area contributed by atoms with E-state index in [4.69, 9.17) is 4.55 Å². The smallest absolute Gasteiger partial charge is 0.264 e. The van der Waals surface area contributed by atoms with Gasteiger partial charge in [-0.25, -0.2) is 0 Å². The van der Waals surface area contributed by atoms with Gasteiger partial charge in [-0.3, -0.25) is 4.55 Å². The maximum Gasteiger partial charge on any atom is 0.264 e. The Morgan fingerprint density at radius 2 is 1.94 bits per heavy atom. The van der Waals surface area contributed by atoms with Crippen LogP contribution in [0.1, 0.15) is 13.3 Å². The average Bonchev–Trinajstić information content (AvgIpc) is 2.24. The fourth-order valence-electron chi connectivity index (χ4n) is 1.62. The number of aromatic hydroxyl groups is 1. The van der Waals surface area contributed by atoms with E-state index in [0.29, 0.717) is 25.2 Å². The molecule has 1 rings (SSSR count). The predicted octanol–water partition coefficient (Wildman–Crippen LogP) is 1.50. The Bertz CT molecular complexity index is 458. The summed E-state index contributed by atoms with van der Waals surface area (Å²) in [6.07, 6.45) is 0.320. The van der Waals surface area contributed by atoms with E-state index < -0.39 is 10.1 Å². The second-order valence-electron chi connectivity index (χ2n) is 3.71. The summed E-state index contributed by atoms with van der Waals surface area (Å²) in [5, 5.41) is 9.66. The lowest BCUT2D eigenvalue weighted by atomic mass is 10.2. The quantitative estimate of drug-likeness (QED) is 0.757. The Kier molecular flexibility index (Phi) is 4.77. The summed E-state index contributed by atoms with van der Waals surface area (Å²) in [4.78, 5) is 1.86. The number of hydrogen-bond donors (Lipinski definition) is 2. The van der Waals surface area contributed by atoms with Crippen molar-refractivity contribution < 1.29 is 18.1 Å². The van der Waals surface area contributed by atoms with E-state index >= 15 is 0 Å². The Morgan fingerprint density at radius 1 is 1.29 bits per heavy atom. The van der Waals surface area contributed by atoms with E-state index in [1.165, 1.54) is 0 Å². The molecular weight excluding hydrogens is 242 g/mol. The van der Waals surface area contributed by atoms with Crippen molar-refractivity contribution in [1.29, 1.82) is 0 Å². The summed E-state index contributed by atoms with van der Waals surface area (Å²) in [7, 11) is -3.91. The van der Waals surface area contributed by atoms with E-state index in [2.05, 4.69) is 0 Å². The molecule has 1 aromatic carbocycles. The highest BCUT2D eigenvalue weighted by atomic mass is 32.2. The van der Waals surface area contributed by atoms with E-state index in [0.717, 1.165) is 0 Å². The molecule has 0 aromatic heterocycles. The molecule has 0 bridgehead atoms. The number of para-hydroxylation sites is 2. The first-order valence-electron chi connectivity index (χ1n) is 5.42. The normalized spacial score (nSPS) is 11.4. The average molecular weight is 259 g/mol. The molecule has 96 valence electrons. The number of phenolic OH excluding ortho intramolecular Hbond substituents is 1. The molecule has 0 aliphatic rings. The van der Waals surface area contributed by atoms with Crippen LogP contribution in [0.25, 0.3) is 0 Å². The molecule has 0 amide bonds. The van der Waals surface area contributed by atoms with Crippen molar-refractivity contribution in [2.75, 3.05) is 23.7 Å². The SMILES string of the molecule is CCN(CCCS(=O)(=O)O)c1ccccc1O. The third kappa shape index (κ3) is 4.62. The number of rotatable bonds is 6. The molecular formula is C11H17NO4S. The van der Waals surface area contributed by atoms with Crippen molar-refractivity contribution in [3.8, 4) is 5.75 Å². The summed E-state index contributed by atoms with van der Waals surface area (Å²) in [5.74, 6) is -0.0990. The maximum absolute atomic E-state index is 10.6. The lowest BCUT2D eigenvalue weighted by Gasteiger charge is -2.23. The van der Waals surface area contributed by atoms with Crippen molar-refractivity contribution in [2.24, 2.45) is 0 Å². The first-order valence-corrected chi connectivity index (χ1v) is 7.03. The van der Waals surface area contributed by atoms with Gasteiger partial charge >= 0.3 is 0 Å². The summed E-state index contributed by atoms with van der Waals surface area (Å²) in [6.45, 7) is 3.04. The molecule has 0 saturated heterocycles. The predicted molar refractivity (Wildman–Crippen MR) is 67.0 cm³/mol. The lowest BCUT2D eigenvalue weighted by Crippen LogP contribution is -2.25. The first-order chi connectivity index (χ1) is 7.94. The zero-order chi connectivity index (χ0) is 12.9. The molecule has 2 N–H and O–H groups in total. The Balaban J connectivity index is 2.64. The van der Waals surface area contributed by atoms with Gasteiger partial charge in [-0.1, -0.05) is 12.1 Å². The maximum atomic E-state index is 10.6. The largest absolute Gasteiger partial charge is 0.506 e. The van der Waals surface area contributed by atoms with Crippen molar-refractivity contribution in [2.45, 2.75) is 13.3 Å². The van der Waals surface area contributed by atoms with Gasteiger partial charge in [-0.15, -0.1) is 0 Å². The van der Waals surface area contributed by atoms with Crippen LogP contribution in [0.5, 0.6) is 5.75 Å². The van der Waals surface area contributed by atoms with Crippen LogP contribution in [0, 0.1) is 0 Å². The van der Waals surface area contributed by atoms with Crippen LogP contribution in [-0.4, -0.2) is 36.9 Å². The molecule has 6 heteroatoms. The zero-order valence-electron chi connectivity index (χ0n) is 9.70. The van der Waals surface area contributed by atoms with Crippen molar-refractivity contribution in [1.82, 2.24) is 0 Å². The highest BCUT2D eigenvalue weighted by Crippen LogP contribution is 2.26. The second-order valence-corrected chi connectivity index (χ2v) is 5.28. The standard InChI is InChI=1S/C11H17NO4S/c1-2-12(8-5-9-17(14,15)16)10-6-3-4-7-11(10)13/h3-4,6-7,13H,2,5,8-9H2,1H3,(H,14,15,16). The fourth-order valence-corrected chi connectivity index (χ4v) is 2.11. The molecule has 0 fully saturated rings.